The van der Waals surface area contributed by atoms with Crippen LogP contribution in [-0.4, -0.2) is 11.7 Å². The van der Waals surface area contributed by atoms with Gasteiger partial charge in [0.15, 0.2) is 0 Å². The van der Waals surface area contributed by atoms with E-state index in [0.717, 1.165) is 31.4 Å². The highest BCUT2D eigenvalue weighted by Gasteiger charge is 1.93. The van der Waals surface area contributed by atoms with Crippen molar-refractivity contribution in [3.05, 3.63) is 29.8 Å². The van der Waals surface area contributed by atoms with Gasteiger partial charge in [-0.05, 0) is 30.5 Å². The molecule has 1 N–H and O–H groups in total. The van der Waals surface area contributed by atoms with E-state index >= 15 is 0 Å². The van der Waals surface area contributed by atoms with Crippen molar-refractivity contribution in [3.8, 4) is 18.1 Å². The third-order valence-corrected chi connectivity index (χ3v) is 2.06. The van der Waals surface area contributed by atoms with E-state index < -0.39 is 0 Å². The highest BCUT2D eigenvalue weighted by molar-refractivity contribution is 5.25. The molecule has 0 aliphatic carbocycles. The van der Waals surface area contributed by atoms with Gasteiger partial charge >= 0.3 is 0 Å². The number of terminal acetylenes is 1. The van der Waals surface area contributed by atoms with Crippen LogP contribution in [0, 0.1) is 12.3 Å². The van der Waals surface area contributed by atoms with Gasteiger partial charge in [-0.1, -0.05) is 12.1 Å². The molecule has 0 unspecified atom stereocenters. The topological polar surface area (TPSA) is 29.5 Å². The minimum atomic E-state index is 0.285. The second-order valence-electron chi connectivity index (χ2n) is 3.38. The van der Waals surface area contributed by atoms with Gasteiger partial charge in [0.2, 0.25) is 0 Å². The lowest BCUT2D eigenvalue weighted by molar-refractivity contribution is 0.117. The van der Waals surface area contributed by atoms with Crippen LogP contribution in [0.15, 0.2) is 24.3 Å². The molecule has 0 bridgehead atoms. The molecule has 0 radical (unpaired) electrons. The van der Waals surface area contributed by atoms with E-state index in [1.807, 2.05) is 12.1 Å². The molecule has 15 heavy (non-hydrogen) atoms. The number of unbranched alkanes of at least 4 members (excludes halogenated alkanes) is 2. The first kappa shape index (κ1) is 11.6. The van der Waals surface area contributed by atoms with Crippen LogP contribution < -0.4 is 0 Å². The molecule has 0 spiro atoms. The molecule has 2 nitrogen and oxygen atoms in total. The number of phenolic OH excluding ortho intramolecular Hbond substituents is 1. The van der Waals surface area contributed by atoms with Crippen LogP contribution in [0.25, 0.3) is 0 Å². The first-order valence-corrected chi connectivity index (χ1v) is 5.12. The summed E-state index contributed by atoms with van der Waals surface area (Å²) >= 11 is 0. The Hall–Kier alpha value is -1.46. The molecule has 1 rings (SSSR count). The van der Waals surface area contributed by atoms with Gasteiger partial charge in [-0.2, -0.15) is 0 Å². The summed E-state index contributed by atoms with van der Waals surface area (Å²) in [6.07, 6.45) is 7.98. The average molecular weight is 204 g/mol. The molecule has 0 aliphatic heterocycles. The van der Waals surface area contributed by atoms with Crippen LogP contribution in [0.1, 0.15) is 24.8 Å². The molecular weight excluding hydrogens is 188 g/mol. The van der Waals surface area contributed by atoms with E-state index in [1.165, 1.54) is 0 Å². The van der Waals surface area contributed by atoms with Crippen LogP contribution in [-0.2, 0) is 11.3 Å². The molecule has 1 aromatic carbocycles. The Kier molecular flexibility index (Phi) is 5.35. The SMILES string of the molecule is C#CCCCCOCc1ccc(O)cc1. The summed E-state index contributed by atoms with van der Waals surface area (Å²) in [5, 5.41) is 9.07. The van der Waals surface area contributed by atoms with Gasteiger partial charge in [-0.25, -0.2) is 0 Å². The van der Waals surface area contributed by atoms with E-state index in [9.17, 15) is 0 Å². The summed E-state index contributed by atoms with van der Waals surface area (Å²) in [4.78, 5) is 0. The molecule has 1 aromatic rings. The summed E-state index contributed by atoms with van der Waals surface area (Å²) in [5.41, 5.74) is 1.07. The number of phenols is 1. The van der Waals surface area contributed by atoms with Gasteiger partial charge in [0.05, 0.1) is 6.61 Å². The lowest BCUT2D eigenvalue weighted by atomic mass is 10.2. The number of hydrogen-bond acceptors (Lipinski definition) is 2. The van der Waals surface area contributed by atoms with Crippen LogP contribution in [0.2, 0.25) is 0 Å². The quantitative estimate of drug-likeness (QED) is 0.570. The summed E-state index contributed by atoms with van der Waals surface area (Å²) in [6.45, 7) is 1.33. The summed E-state index contributed by atoms with van der Waals surface area (Å²) in [6, 6.07) is 7.04. The maximum Gasteiger partial charge on any atom is 0.115 e. The van der Waals surface area contributed by atoms with Gasteiger partial charge in [-0.3, -0.25) is 0 Å². The highest BCUT2D eigenvalue weighted by atomic mass is 16.5. The minimum absolute atomic E-state index is 0.285. The lowest BCUT2D eigenvalue weighted by Gasteiger charge is -2.03. The molecule has 0 aliphatic rings. The van der Waals surface area contributed by atoms with Crippen molar-refractivity contribution in [1.29, 1.82) is 0 Å². The van der Waals surface area contributed by atoms with Crippen LogP contribution in [0.3, 0.4) is 0 Å². The lowest BCUT2D eigenvalue weighted by Crippen LogP contribution is -1.95. The van der Waals surface area contributed by atoms with Gasteiger partial charge in [0.25, 0.3) is 0 Å². The van der Waals surface area contributed by atoms with Crippen molar-refractivity contribution in [3.63, 3.8) is 0 Å². The third kappa shape index (κ3) is 5.09. The zero-order valence-corrected chi connectivity index (χ0v) is 8.78. The van der Waals surface area contributed by atoms with Gasteiger partial charge in [-0.15, -0.1) is 12.3 Å². The Bertz CT molecular complexity index is 308. The van der Waals surface area contributed by atoms with Crippen LogP contribution in [0.4, 0.5) is 0 Å². The van der Waals surface area contributed by atoms with E-state index in [2.05, 4.69) is 5.92 Å². The van der Waals surface area contributed by atoms with E-state index in [0.29, 0.717) is 6.61 Å². The molecule has 0 atom stereocenters. The van der Waals surface area contributed by atoms with Gasteiger partial charge < -0.3 is 9.84 Å². The van der Waals surface area contributed by atoms with E-state index in [4.69, 9.17) is 16.3 Å². The van der Waals surface area contributed by atoms with E-state index in [1.54, 1.807) is 12.1 Å². The predicted octanol–water partition coefficient (Wildman–Crippen LogP) is 2.71. The fourth-order valence-electron chi connectivity index (χ4n) is 1.21. The molecule has 2 heteroatoms. The molecule has 0 heterocycles. The number of benzene rings is 1. The number of rotatable bonds is 6. The normalized spacial score (nSPS) is 9.80. The molecule has 0 saturated heterocycles. The van der Waals surface area contributed by atoms with Crippen LogP contribution in [0.5, 0.6) is 5.75 Å². The summed E-state index contributed by atoms with van der Waals surface area (Å²) in [7, 11) is 0. The Morgan fingerprint density at radius 1 is 1.20 bits per heavy atom. The van der Waals surface area contributed by atoms with Crippen molar-refractivity contribution < 1.29 is 9.84 Å². The fourth-order valence-corrected chi connectivity index (χ4v) is 1.21. The van der Waals surface area contributed by atoms with Crippen molar-refractivity contribution in [2.24, 2.45) is 0 Å². The Balaban J connectivity index is 2.10. The molecule has 0 aromatic heterocycles. The second-order valence-corrected chi connectivity index (χ2v) is 3.38. The zero-order valence-electron chi connectivity index (χ0n) is 8.78. The predicted molar refractivity (Wildman–Crippen MR) is 60.4 cm³/mol. The maximum atomic E-state index is 9.07. The number of hydrogen-bond donors (Lipinski definition) is 1. The Morgan fingerprint density at radius 3 is 2.60 bits per heavy atom. The number of aromatic hydroxyl groups is 1. The Labute approximate surface area is 90.9 Å². The highest BCUT2D eigenvalue weighted by Crippen LogP contribution is 2.10. The average Bonchev–Trinajstić information content (AvgIpc) is 2.26. The summed E-state index contributed by atoms with van der Waals surface area (Å²) in [5.74, 6) is 2.88. The van der Waals surface area contributed by atoms with Gasteiger partial charge in [0, 0.05) is 13.0 Å². The van der Waals surface area contributed by atoms with Crippen molar-refractivity contribution in [2.75, 3.05) is 6.61 Å². The number of ether oxygens (including phenoxy) is 1. The second kappa shape index (κ2) is 6.92. The molecule has 0 saturated carbocycles. The standard InChI is InChI=1S/C13H16O2/c1-2-3-4-5-10-15-11-12-6-8-13(14)9-7-12/h1,6-9,14H,3-5,10-11H2. The smallest absolute Gasteiger partial charge is 0.115 e. The molecule has 0 amide bonds. The first-order valence-electron chi connectivity index (χ1n) is 5.12. The zero-order chi connectivity index (χ0) is 10.9. The molecule has 0 fully saturated rings. The third-order valence-electron chi connectivity index (χ3n) is 2.06. The molecule has 80 valence electrons. The first-order chi connectivity index (χ1) is 7.33. The van der Waals surface area contributed by atoms with Crippen molar-refractivity contribution in [2.45, 2.75) is 25.9 Å². The monoisotopic (exact) mass is 204 g/mol. The molecular formula is C13H16O2. The summed E-state index contributed by atoms with van der Waals surface area (Å²) < 4.78 is 5.46. The van der Waals surface area contributed by atoms with E-state index in [-0.39, 0.29) is 5.75 Å². The fraction of sp³-hybridized carbons (Fsp3) is 0.385. The van der Waals surface area contributed by atoms with Crippen molar-refractivity contribution >= 4 is 0 Å². The van der Waals surface area contributed by atoms with Crippen molar-refractivity contribution in [1.82, 2.24) is 0 Å². The maximum absolute atomic E-state index is 9.07. The minimum Gasteiger partial charge on any atom is -0.508 e. The van der Waals surface area contributed by atoms with Crippen LogP contribution >= 0.6 is 0 Å². The van der Waals surface area contributed by atoms with Gasteiger partial charge in [0.1, 0.15) is 5.75 Å². The Morgan fingerprint density at radius 2 is 1.93 bits per heavy atom. The largest absolute Gasteiger partial charge is 0.508 e.